The number of nitrogens with zero attached hydrogens (tertiary/aromatic N) is 1. The zero-order valence-corrected chi connectivity index (χ0v) is 7.93. The van der Waals surface area contributed by atoms with Crippen LogP contribution >= 0.6 is 11.6 Å². The molecular formula is C8H9ClF2N2O. The lowest BCUT2D eigenvalue weighted by Gasteiger charge is -2.11. The van der Waals surface area contributed by atoms with Crippen LogP contribution in [0.2, 0.25) is 5.15 Å². The van der Waals surface area contributed by atoms with Gasteiger partial charge in [-0.15, -0.1) is 0 Å². The quantitative estimate of drug-likeness (QED) is 0.765. The van der Waals surface area contributed by atoms with E-state index in [-0.39, 0.29) is 28.5 Å². The highest BCUT2D eigenvalue weighted by atomic mass is 35.5. The Morgan fingerprint density at radius 2 is 2.21 bits per heavy atom. The highest BCUT2D eigenvalue weighted by Gasteiger charge is 2.18. The van der Waals surface area contributed by atoms with Gasteiger partial charge in [-0.05, 0) is 11.6 Å². The third-order valence-electron chi connectivity index (χ3n) is 1.78. The van der Waals surface area contributed by atoms with E-state index < -0.39 is 13.0 Å². The number of hydrogen-bond donors (Lipinski definition) is 2. The molecule has 14 heavy (non-hydrogen) atoms. The Kier molecular flexibility index (Phi) is 3.74. The highest BCUT2D eigenvalue weighted by molar-refractivity contribution is 6.29. The van der Waals surface area contributed by atoms with Crippen LogP contribution < -0.4 is 5.73 Å². The first kappa shape index (κ1) is 11.3. The SMILES string of the molecule is NCc1cc(Cl)nc(CO)c1C(F)F. The zero-order valence-electron chi connectivity index (χ0n) is 7.17. The van der Waals surface area contributed by atoms with Crippen LogP contribution in [-0.4, -0.2) is 10.1 Å². The average molecular weight is 223 g/mol. The van der Waals surface area contributed by atoms with Gasteiger partial charge in [-0.1, -0.05) is 11.6 Å². The molecule has 1 heterocycles. The van der Waals surface area contributed by atoms with Crippen LogP contribution in [0.5, 0.6) is 0 Å². The number of rotatable bonds is 3. The first-order chi connectivity index (χ1) is 6.60. The zero-order chi connectivity index (χ0) is 10.7. The molecule has 0 aliphatic heterocycles. The van der Waals surface area contributed by atoms with E-state index in [0.717, 1.165) is 0 Å². The normalized spacial score (nSPS) is 11.0. The third kappa shape index (κ3) is 2.17. The van der Waals surface area contributed by atoms with E-state index in [1.54, 1.807) is 0 Å². The molecule has 6 heteroatoms. The van der Waals surface area contributed by atoms with Crippen molar-refractivity contribution in [2.45, 2.75) is 19.6 Å². The molecule has 0 atom stereocenters. The topological polar surface area (TPSA) is 59.1 Å². The fourth-order valence-electron chi connectivity index (χ4n) is 1.18. The molecule has 0 aromatic carbocycles. The number of pyridine rings is 1. The number of alkyl halides is 2. The molecule has 1 aromatic rings. The second kappa shape index (κ2) is 4.63. The van der Waals surface area contributed by atoms with Gasteiger partial charge < -0.3 is 10.8 Å². The average Bonchev–Trinajstić information content (AvgIpc) is 2.15. The standard InChI is InChI=1S/C8H9ClF2N2O/c9-6-1-4(2-12)7(8(10)11)5(3-14)13-6/h1,8,14H,2-3,12H2. The van der Waals surface area contributed by atoms with Crippen LogP contribution in [0, 0.1) is 0 Å². The van der Waals surface area contributed by atoms with Gasteiger partial charge in [-0.25, -0.2) is 13.8 Å². The van der Waals surface area contributed by atoms with E-state index in [1.165, 1.54) is 6.07 Å². The maximum atomic E-state index is 12.5. The lowest BCUT2D eigenvalue weighted by Crippen LogP contribution is -2.08. The Morgan fingerprint density at radius 3 is 2.64 bits per heavy atom. The van der Waals surface area contributed by atoms with Crippen molar-refractivity contribution < 1.29 is 13.9 Å². The summed E-state index contributed by atoms with van der Waals surface area (Å²) < 4.78 is 25.1. The molecule has 0 aliphatic carbocycles. The molecule has 0 saturated carbocycles. The molecule has 0 amide bonds. The van der Waals surface area contributed by atoms with Crippen LogP contribution in [0.1, 0.15) is 23.2 Å². The van der Waals surface area contributed by atoms with Gasteiger partial charge in [-0.3, -0.25) is 0 Å². The van der Waals surface area contributed by atoms with Crippen molar-refractivity contribution >= 4 is 11.6 Å². The minimum atomic E-state index is -2.71. The van der Waals surface area contributed by atoms with Crippen molar-refractivity contribution in [3.63, 3.8) is 0 Å². The van der Waals surface area contributed by atoms with E-state index >= 15 is 0 Å². The molecule has 0 saturated heterocycles. The second-order valence-corrected chi connectivity index (χ2v) is 3.01. The van der Waals surface area contributed by atoms with Crippen LogP contribution in [0.3, 0.4) is 0 Å². The summed E-state index contributed by atoms with van der Waals surface area (Å²) in [6.07, 6.45) is -2.71. The van der Waals surface area contributed by atoms with Gasteiger partial charge in [-0.2, -0.15) is 0 Å². The Morgan fingerprint density at radius 1 is 1.57 bits per heavy atom. The second-order valence-electron chi connectivity index (χ2n) is 2.63. The van der Waals surface area contributed by atoms with Gasteiger partial charge >= 0.3 is 0 Å². The molecule has 0 fully saturated rings. The highest BCUT2D eigenvalue weighted by Crippen LogP contribution is 2.27. The number of aliphatic hydroxyl groups excluding tert-OH is 1. The van der Waals surface area contributed by atoms with Crippen LogP contribution in [0.25, 0.3) is 0 Å². The maximum Gasteiger partial charge on any atom is 0.266 e. The van der Waals surface area contributed by atoms with E-state index in [2.05, 4.69) is 4.98 Å². The number of aromatic nitrogens is 1. The molecule has 1 aromatic heterocycles. The molecule has 0 bridgehead atoms. The van der Waals surface area contributed by atoms with Crippen molar-refractivity contribution in [3.05, 3.63) is 28.0 Å². The first-order valence-corrected chi connectivity index (χ1v) is 4.25. The summed E-state index contributed by atoms with van der Waals surface area (Å²) in [4.78, 5) is 3.60. The van der Waals surface area contributed by atoms with Crippen LogP contribution in [0.15, 0.2) is 6.07 Å². The van der Waals surface area contributed by atoms with Gasteiger partial charge in [0.1, 0.15) is 5.15 Å². The molecule has 78 valence electrons. The van der Waals surface area contributed by atoms with Gasteiger partial charge in [0.2, 0.25) is 0 Å². The van der Waals surface area contributed by atoms with Crippen molar-refractivity contribution in [2.75, 3.05) is 0 Å². The first-order valence-electron chi connectivity index (χ1n) is 3.87. The number of hydrogen-bond acceptors (Lipinski definition) is 3. The van der Waals surface area contributed by atoms with Gasteiger partial charge in [0.05, 0.1) is 12.3 Å². The molecule has 0 spiro atoms. The molecular weight excluding hydrogens is 214 g/mol. The summed E-state index contributed by atoms with van der Waals surface area (Å²) in [6, 6.07) is 1.28. The van der Waals surface area contributed by atoms with Gasteiger partial charge in [0, 0.05) is 12.1 Å². The fraction of sp³-hybridized carbons (Fsp3) is 0.375. The smallest absolute Gasteiger partial charge is 0.266 e. The Hall–Kier alpha value is -0.780. The van der Waals surface area contributed by atoms with E-state index in [9.17, 15) is 8.78 Å². The van der Waals surface area contributed by atoms with E-state index in [4.69, 9.17) is 22.4 Å². The summed E-state index contributed by atoms with van der Waals surface area (Å²) in [6.45, 7) is -0.637. The molecule has 1 rings (SSSR count). The number of aliphatic hydroxyl groups is 1. The fourth-order valence-corrected chi connectivity index (χ4v) is 1.42. The van der Waals surface area contributed by atoms with Crippen molar-refractivity contribution in [3.8, 4) is 0 Å². The van der Waals surface area contributed by atoms with Crippen LogP contribution in [0.4, 0.5) is 8.78 Å². The van der Waals surface area contributed by atoms with Crippen molar-refractivity contribution in [1.29, 1.82) is 0 Å². The summed E-state index contributed by atoms with van der Waals surface area (Å²) in [5.41, 5.74) is 5.05. The molecule has 0 unspecified atom stereocenters. The Balaban J connectivity index is 3.33. The summed E-state index contributed by atoms with van der Waals surface area (Å²) >= 11 is 5.56. The van der Waals surface area contributed by atoms with E-state index in [0.29, 0.717) is 0 Å². The largest absolute Gasteiger partial charge is 0.390 e. The van der Waals surface area contributed by atoms with Crippen LogP contribution in [-0.2, 0) is 13.2 Å². The van der Waals surface area contributed by atoms with Gasteiger partial charge in [0.25, 0.3) is 6.43 Å². The number of halogens is 3. The monoisotopic (exact) mass is 222 g/mol. The third-order valence-corrected chi connectivity index (χ3v) is 1.97. The summed E-state index contributed by atoms with van der Waals surface area (Å²) in [5.74, 6) is 0. The maximum absolute atomic E-state index is 12.5. The Bertz CT molecular complexity index is 308. The predicted octanol–water partition coefficient (Wildman–Crippen LogP) is 1.62. The predicted molar refractivity (Wildman–Crippen MR) is 48.0 cm³/mol. The lowest BCUT2D eigenvalue weighted by atomic mass is 10.1. The lowest BCUT2D eigenvalue weighted by molar-refractivity contribution is 0.145. The van der Waals surface area contributed by atoms with Crippen molar-refractivity contribution in [2.24, 2.45) is 5.73 Å². The molecule has 3 nitrogen and oxygen atoms in total. The number of nitrogens with two attached hydrogens (primary N) is 1. The molecule has 0 radical (unpaired) electrons. The molecule has 0 aliphatic rings. The summed E-state index contributed by atoms with van der Waals surface area (Å²) in [5, 5.41) is 8.87. The van der Waals surface area contributed by atoms with Gasteiger partial charge in [0.15, 0.2) is 0 Å². The Labute approximate surface area is 84.5 Å². The summed E-state index contributed by atoms with van der Waals surface area (Å²) in [7, 11) is 0. The van der Waals surface area contributed by atoms with E-state index in [1.807, 2.05) is 0 Å². The van der Waals surface area contributed by atoms with Crippen molar-refractivity contribution in [1.82, 2.24) is 4.98 Å². The minimum Gasteiger partial charge on any atom is -0.390 e. The molecule has 3 N–H and O–H groups in total. The minimum absolute atomic E-state index is 0.0545.